The number of carbonyl (C=O) groups is 2. The summed E-state index contributed by atoms with van der Waals surface area (Å²) in [4.78, 5) is 24.0. The molecule has 0 unspecified atom stereocenters. The minimum absolute atomic E-state index is 0.0207. The fraction of sp³-hybridized carbons (Fsp3) is 0.258. The van der Waals surface area contributed by atoms with Gasteiger partial charge in [-0.15, -0.1) is 0 Å². The lowest BCUT2D eigenvalue weighted by Gasteiger charge is -2.18. The highest BCUT2D eigenvalue weighted by Crippen LogP contribution is 2.32. The maximum Gasteiger partial charge on any atom is 0.426 e. The Hall–Kier alpha value is -5.11. The van der Waals surface area contributed by atoms with E-state index in [4.69, 9.17) is 35.7 Å². The maximum atomic E-state index is 14.6. The number of benzene rings is 3. The van der Waals surface area contributed by atoms with Crippen molar-refractivity contribution in [2.75, 3.05) is 31.3 Å². The van der Waals surface area contributed by atoms with Gasteiger partial charge in [-0.3, -0.25) is 0 Å². The zero-order valence-electron chi connectivity index (χ0n) is 22.8. The van der Waals surface area contributed by atoms with Crippen molar-refractivity contribution in [1.29, 1.82) is 5.26 Å². The molecule has 0 saturated carbocycles. The van der Waals surface area contributed by atoms with Gasteiger partial charge in [-0.05, 0) is 79.1 Å². The molecule has 220 valence electrons. The number of carbonyl (C=O) groups excluding carboxylic acids is 2. The van der Waals surface area contributed by atoms with Crippen LogP contribution < -0.4 is 20.9 Å². The van der Waals surface area contributed by atoms with Gasteiger partial charge < -0.3 is 30.4 Å². The van der Waals surface area contributed by atoms with Gasteiger partial charge in [0.05, 0.1) is 37.0 Å². The Morgan fingerprint density at radius 2 is 1.48 bits per heavy atom. The fourth-order valence-electron chi connectivity index (χ4n) is 3.58. The third kappa shape index (κ3) is 10.5. The molecule has 0 amide bonds. The van der Waals surface area contributed by atoms with Crippen LogP contribution in [0.5, 0.6) is 11.5 Å². The fourth-order valence-corrected chi connectivity index (χ4v) is 3.58. The molecule has 42 heavy (non-hydrogen) atoms. The zero-order valence-corrected chi connectivity index (χ0v) is 22.8. The zero-order chi connectivity index (χ0) is 30.4. The Morgan fingerprint density at radius 1 is 0.833 bits per heavy atom. The Labute approximate surface area is 242 Å². The van der Waals surface area contributed by atoms with E-state index in [1.165, 1.54) is 78.9 Å². The van der Waals surface area contributed by atoms with E-state index in [1.807, 2.05) is 0 Å². The van der Waals surface area contributed by atoms with Gasteiger partial charge in [0.25, 0.3) is 0 Å². The lowest BCUT2D eigenvalue weighted by molar-refractivity contribution is -0.185. The number of unbranched alkanes of at least 4 members (excludes halogenated alkanes) is 2. The molecule has 0 aromatic heterocycles. The summed E-state index contributed by atoms with van der Waals surface area (Å²) >= 11 is 0. The van der Waals surface area contributed by atoms with Gasteiger partial charge in [0, 0.05) is 30.3 Å². The van der Waals surface area contributed by atoms with Crippen LogP contribution in [0.1, 0.15) is 47.2 Å². The van der Waals surface area contributed by atoms with Gasteiger partial charge in [-0.1, -0.05) is 12.1 Å². The summed E-state index contributed by atoms with van der Waals surface area (Å²) in [5, 5.41) is 8.53. The van der Waals surface area contributed by atoms with Gasteiger partial charge >= 0.3 is 18.0 Å². The predicted molar refractivity (Wildman–Crippen MR) is 153 cm³/mol. The average Bonchev–Trinajstić information content (AvgIpc) is 2.96. The number of hydrogen-bond acceptors (Lipinski definition) is 9. The second kappa shape index (κ2) is 15.6. The number of ether oxygens (including phenoxy) is 4. The van der Waals surface area contributed by atoms with Gasteiger partial charge in [-0.25, -0.2) is 9.59 Å². The molecular weight excluding hydrogens is 548 g/mol. The van der Waals surface area contributed by atoms with E-state index < -0.39 is 18.0 Å². The van der Waals surface area contributed by atoms with Crippen LogP contribution in [0, 0.1) is 11.3 Å². The molecule has 0 heterocycles. The third-order valence-electron chi connectivity index (χ3n) is 5.66. The SMILES string of the molecule is N#CCCCCOc1ccc(C(F)(F)Oc2ccc(/C=C/C(=O)OCCCOC(=O)c3cc(N)cc(N)c3)cc2)cc1. The highest BCUT2D eigenvalue weighted by Gasteiger charge is 2.34. The number of rotatable bonds is 15. The highest BCUT2D eigenvalue weighted by molar-refractivity contribution is 5.91. The number of nitrogens with zero attached hydrogens (tertiary/aromatic N) is 1. The normalized spacial score (nSPS) is 11.1. The Morgan fingerprint density at radius 3 is 2.14 bits per heavy atom. The Kier molecular flexibility index (Phi) is 11.7. The lowest BCUT2D eigenvalue weighted by Crippen LogP contribution is -2.21. The minimum Gasteiger partial charge on any atom is -0.494 e. The number of alkyl halides is 2. The molecule has 4 N–H and O–H groups in total. The average molecular weight is 580 g/mol. The first kappa shape index (κ1) is 31.4. The molecule has 0 atom stereocenters. The molecule has 0 aliphatic rings. The van der Waals surface area contributed by atoms with Crippen molar-refractivity contribution in [2.45, 2.75) is 31.8 Å². The number of halogens is 2. The van der Waals surface area contributed by atoms with Crippen LogP contribution in [0.3, 0.4) is 0 Å². The van der Waals surface area contributed by atoms with E-state index in [0.717, 1.165) is 0 Å². The number of anilines is 2. The van der Waals surface area contributed by atoms with E-state index in [-0.39, 0.29) is 36.5 Å². The molecule has 0 fully saturated rings. The van der Waals surface area contributed by atoms with Gasteiger partial charge in [0.2, 0.25) is 0 Å². The summed E-state index contributed by atoms with van der Waals surface area (Å²) in [6, 6.07) is 17.6. The third-order valence-corrected chi connectivity index (χ3v) is 5.66. The molecule has 3 aromatic rings. The molecule has 0 spiro atoms. The number of esters is 2. The van der Waals surface area contributed by atoms with E-state index >= 15 is 0 Å². The number of nitrogen functional groups attached to an aromatic ring is 2. The van der Waals surface area contributed by atoms with Crippen LogP contribution in [-0.2, 0) is 20.4 Å². The van der Waals surface area contributed by atoms with Crippen molar-refractivity contribution < 1.29 is 37.3 Å². The van der Waals surface area contributed by atoms with Crippen molar-refractivity contribution in [3.8, 4) is 17.6 Å². The van der Waals surface area contributed by atoms with Crippen molar-refractivity contribution in [3.05, 3.63) is 89.5 Å². The summed E-state index contributed by atoms with van der Waals surface area (Å²) in [6.07, 6.45) is 1.21. The monoisotopic (exact) mass is 579 g/mol. The summed E-state index contributed by atoms with van der Waals surface area (Å²) in [6.45, 7) is 0.442. The van der Waals surface area contributed by atoms with Crippen LogP contribution in [0.15, 0.2) is 72.8 Å². The summed E-state index contributed by atoms with van der Waals surface area (Å²) in [5.74, 6) is -0.822. The molecule has 0 radical (unpaired) electrons. The molecule has 0 aliphatic heterocycles. The number of nitriles is 1. The standard InChI is InChI=1S/C31H31F2N3O6/c32-31(33,24-8-12-27(13-9-24)39-16-3-1-2-15-34)42-28-10-5-22(6-11-28)7-14-29(37)40-17-4-18-41-30(38)23-19-25(35)21-26(36)20-23/h5-14,19-21H,1-4,16-18,35-36H2/b14-7+. The molecule has 9 nitrogen and oxygen atoms in total. The van der Waals surface area contributed by atoms with E-state index in [9.17, 15) is 18.4 Å². The van der Waals surface area contributed by atoms with Crippen LogP contribution in [0.4, 0.5) is 20.2 Å². The Bertz CT molecular complexity index is 1380. The smallest absolute Gasteiger partial charge is 0.426 e. The van der Waals surface area contributed by atoms with E-state index in [0.29, 0.717) is 48.6 Å². The molecule has 3 aromatic carbocycles. The second-order valence-electron chi connectivity index (χ2n) is 9.05. The van der Waals surface area contributed by atoms with Gasteiger partial charge in [0.15, 0.2) is 0 Å². The molecule has 0 bridgehead atoms. The molecule has 3 rings (SSSR count). The maximum absolute atomic E-state index is 14.6. The van der Waals surface area contributed by atoms with Crippen LogP contribution in [0.2, 0.25) is 0 Å². The van der Waals surface area contributed by atoms with Crippen molar-refractivity contribution in [2.24, 2.45) is 0 Å². The first-order valence-electron chi connectivity index (χ1n) is 13.1. The largest absolute Gasteiger partial charge is 0.494 e. The van der Waals surface area contributed by atoms with Gasteiger partial charge in [0.1, 0.15) is 11.5 Å². The van der Waals surface area contributed by atoms with Crippen molar-refractivity contribution in [3.63, 3.8) is 0 Å². The van der Waals surface area contributed by atoms with E-state index in [2.05, 4.69) is 6.07 Å². The van der Waals surface area contributed by atoms with Crippen molar-refractivity contribution >= 4 is 29.4 Å². The summed E-state index contributed by atoms with van der Waals surface area (Å²) < 4.78 is 49.9. The topological polar surface area (TPSA) is 147 Å². The highest BCUT2D eigenvalue weighted by atomic mass is 19.3. The number of nitrogens with two attached hydrogens (primary N) is 2. The second-order valence-corrected chi connectivity index (χ2v) is 9.05. The van der Waals surface area contributed by atoms with Crippen molar-refractivity contribution in [1.82, 2.24) is 0 Å². The molecule has 11 heteroatoms. The number of hydrogen-bond donors (Lipinski definition) is 2. The first-order chi connectivity index (χ1) is 20.2. The summed E-state index contributed by atoms with van der Waals surface area (Å²) in [7, 11) is 0. The molecule has 0 aliphatic carbocycles. The van der Waals surface area contributed by atoms with Crippen LogP contribution in [-0.4, -0.2) is 31.8 Å². The molecule has 0 saturated heterocycles. The molecular formula is C31H31F2N3O6. The predicted octanol–water partition coefficient (Wildman–Crippen LogP) is 5.86. The summed E-state index contributed by atoms with van der Waals surface area (Å²) in [5.41, 5.74) is 12.5. The quantitative estimate of drug-likeness (QED) is 0.0978. The van der Waals surface area contributed by atoms with Gasteiger partial charge in [-0.2, -0.15) is 14.0 Å². The first-order valence-corrected chi connectivity index (χ1v) is 13.1. The lowest BCUT2D eigenvalue weighted by atomic mass is 10.2. The van der Waals surface area contributed by atoms with E-state index in [1.54, 1.807) is 0 Å². The minimum atomic E-state index is -3.58. The van der Waals surface area contributed by atoms with Crippen LogP contribution >= 0.6 is 0 Å². The van der Waals surface area contributed by atoms with Crippen LogP contribution in [0.25, 0.3) is 6.08 Å². The Balaban J connectivity index is 1.39.